The molecule has 0 aliphatic rings. The van der Waals surface area contributed by atoms with Crippen LogP contribution in [0.1, 0.15) is 20.7 Å². The van der Waals surface area contributed by atoms with E-state index in [1.165, 1.54) is 6.07 Å². The van der Waals surface area contributed by atoms with Gasteiger partial charge in [-0.2, -0.15) is 0 Å². The Morgan fingerprint density at radius 1 is 1.13 bits per heavy atom. The largest absolute Gasteiger partial charge is 0.478 e. The van der Waals surface area contributed by atoms with Gasteiger partial charge in [-0.15, -0.1) is 0 Å². The van der Waals surface area contributed by atoms with Crippen molar-refractivity contribution in [3.8, 4) is 0 Å². The first-order chi connectivity index (χ1) is 10.9. The zero-order valence-electron chi connectivity index (χ0n) is 11.5. The van der Waals surface area contributed by atoms with Crippen molar-refractivity contribution in [1.29, 1.82) is 0 Å². The molecular formula is C15H10ClIN2O3S. The topological polar surface area (TPSA) is 78.4 Å². The van der Waals surface area contributed by atoms with Crippen LogP contribution >= 0.6 is 46.4 Å². The van der Waals surface area contributed by atoms with Gasteiger partial charge >= 0.3 is 5.97 Å². The Bertz CT molecular complexity index is 781. The first-order valence-electron chi connectivity index (χ1n) is 6.27. The van der Waals surface area contributed by atoms with Crippen LogP contribution in [0.2, 0.25) is 5.02 Å². The van der Waals surface area contributed by atoms with Gasteiger partial charge in [0.2, 0.25) is 0 Å². The third-order valence-corrected chi connectivity index (χ3v) is 3.92. The number of carboxylic acids is 1. The molecule has 5 nitrogen and oxygen atoms in total. The highest BCUT2D eigenvalue weighted by Gasteiger charge is 2.13. The number of rotatable bonds is 3. The van der Waals surface area contributed by atoms with E-state index >= 15 is 0 Å². The Kier molecular flexibility index (Phi) is 5.91. The van der Waals surface area contributed by atoms with Crippen LogP contribution in [-0.2, 0) is 0 Å². The molecule has 0 aliphatic carbocycles. The maximum absolute atomic E-state index is 12.0. The van der Waals surface area contributed by atoms with Gasteiger partial charge in [0, 0.05) is 14.2 Å². The standard InChI is InChI=1S/C15H10ClIN2O3S/c16-9-3-1-8(2-4-9)13(20)19-15(23)18-12-6-5-10(17)7-11(12)14(21)22/h1-7H,(H,21,22)(H2,18,19,20,23). The Morgan fingerprint density at radius 3 is 2.39 bits per heavy atom. The van der Waals surface area contributed by atoms with Crippen LogP contribution in [0.5, 0.6) is 0 Å². The van der Waals surface area contributed by atoms with E-state index in [4.69, 9.17) is 23.8 Å². The van der Waals surface area contributed by atoms with Gasteiger partial charge in [0.15, 0.2) is 5.11 Å². The number of hydrogen-bond acceptors (Lipinski definition) is 3. The van der Waals surface area contributed by atoms with E-state index in [9.17, 15) is 14.7 Å². The molecule has 8 heteroatoms. The molecule has 0 saturated carbocycles. The van der Waals surface area contributed by atoms with Crippen molar-refractivity contribution in [3.63, 3.8) is 0 Å². The lowest BCUT2D eigenvalue weighted by molar-refractivity contribution is 0.0697. The smallest absolute Gasteiger partial charge is 0.337 e. The number of amides is 1. The molecule has 0 bridgehead atoms. The quantitative estimate of drug-likeness (QED) is 0.480. The third-order valence-electron chi connectivity index (χ3n) is 2.79. The normalized spacial score (nSPS) is 10.0. The van der Waals surface area contributed by atoms with E-state index in [0.29, 0.717) is 16.3 Å². The lowest BCUT2D eigenvalue weighted by Crippen LogP contribution is -2.34. The summed E-state index contributed by atoms with van der Waals surface area (Å²) in [5, 5.41) is 14.9. The fourth-order valence-electron chi connectivity index (χ4n) is 1.73. The monoisotopic (exact) mass is 460 g/mol. The van der Waals surface area contributed by atoms with E-state index in [0.717, 1.165) is 3.57 Å². The third kappa shape index (κ3) is 4.88. The molecule has 0 fully saturated rings. The van der Waals surface area contributed by atoms with Gasteiger partial charge in [0.25, 0.3) is 5.91 Å². The van der Waals surface area contributed by atoms with Gasteiger partial charge in [0.05, 0.1) is 11.3 Å². The minimum atomic E-state index is -1.09. The molecule has 0 atom stereocenters. The van der Waals surface area contributed by atoms with E-state index in [1.54, 1.807) is 36.4 Å². The van der Waals surface area contributed by atoms with Gasteiger partial charge in [0.1, 0.15) is 0 Å². The minimum absolute atomic E-state index is 0.00802. The van der Waals surface area contributed by atoms with Crippen molar-refractivity contribution in [2.75, 3.05) is 5.32 Å². The van der Waals surface area contributed by atoms with Crippen LogP contribution in [0.15, 0.2) is 42.5 Å². The SMILES string of the molecule is O=C(NC(=S)Nc1ccc(I)cc1C(=O)O)c1ccc(Cl)cc1. The maximum atomic E-state index is 12.0. The summed E-state index contributed by atoms with van der Waals surface area (Å²) in [6, 6.07) is 11.1. The van der Waals surface area contributed by atoms with E-state index in [2.05, 4.69) is 10.6 Å². The highest BCUT2D eigenvalue weighted by atomic mass is 127. The number of carbonyl (C=O) groups excluding carboxylic acids is 1. The van der Waals surface area contributed by atoms with Gasteiger partial charge in [-0.3, -0.25) is 10.1 Å². The highest BCUT2D eigenvalue weighted by Crippen LogP contribution is 2.19. The van der Waals surface area contributed by atoms with Crippen molar-refractivity contribution >= 4 is 69.1 Å². The number of halogens is 2. The molecule has 2 rings (SSSR count). The number of carbonyl (C=O) groups is 2. The van der Waals surface area contributed by atoms with Crippen molar-refractivity contribution in [3.05, 3.63) is 62.2 Å². The van der Waals surface area contributed by atoms with Crippen molar-refractivity contribution in [2.24, 2.45) is 0 Å². The number of aromatic carboxylic acids is 1. The lowest BCUT2D eigenvalue weighted by Gasteiger charge is -2.12. The molecule has 0 aliphatic heterocycles. The second kappa shape index (κ2) is 7.71. The van der Waals surface area contributed by atoms with E-state index in [-0.39, 0.29) is 10.7 Å². The molecule has 0 heterocycles. The van der Waals surface area contributed by atoms with E-state index < -0.39 is 11.9 Å². The number of carboxylic acid groups (broad SMARTS) is 1. The molecule has 0 radical (unpaired) electrons. The highest BCUT2D eigenvalue weighted by molar-refractivity contribution is 14.1. The second-order valence-electron chi connectivity index (χ2n) is 4.41. The summed E-state index contributed by atoms with van der Waals surface area (Å²) < 4.78 is 0.779. The Hall–Kier alpha value is -1.71. The molecule has 2 aromatic carbocycles. The molecule has 2 aromatic rings. The maximum Gasteiger partial charge on any atom is 0.337 e. The molecule has 1 amide bonds. The van der Waals surface area contributed by atoms with E-state index in [1.807, 2.05) is 22.6 Å². The molecule has 118 valence electrons. The minimum Gasteiger partial charge on any atom is -0.478 e. The average molecular weight is 461 g/mol. The fourth-order valence-corrected chi connectivity index (χ4v) is 2.55. The Labute approximate surface area is 156 Å². The molecule has 23 heavy (non-hydrogen) atoms. The molecule has 0 spiro atoms. The zero-order chi connectivity index (χ0) is 17.0. The molecule has 0 unspecified atom stereocenters. The Balaban J connectivity index is 2.09. The fraction of sp³-hybridized carbons (Fsp3) is 0. The zero-order valence-corrected chi connectivity index (χ0v) is 15.2. The number of benzene rings is 2. The van der Waals surface area contributed by atoms with Gasteiger partial charge in [-0.25, -0.2) is 4.79 Å². The second-order valence-corrected chi connectivity index (χ2v) is 6.50. The van der Waals surface area contributed by atoms with Crippen LogP contribution in [0.4, 0.5) is 5.69 Å². The summed E-state index contributed by atoms with van der Waals surface area (Å²) in [6.07, 6.45) is 0. The lowest BCUT2D eigenvalue weighted by atomic mass is 10.2. The molecule has 0 saturated heterocycles. The molecule has 3 N–H and O–H groups in total. The van der Waals surface area contributed by atoms with Crippen molar-refractivity contribution < 1.29 is 14.7 Å². The Morgan fingerprint density at radius 2 is 1.78 bits per heavy atom. The van der Waals surface area contributed by atoms with Gasteiger partial charge in [-0.05, 0) is 77.3 Å². The summed E-state index contributed by atoms with van der Waals surface area (Å²) in [4.78, 5) is 23.3. The van der Waals surface area contributed by atoms with Crippen LogP contribution in [-0.4, -0.2) is 22.1 Å². The van der Waals surface area contributed by atoms with Crippen LogP contribution < -0.4 is 10.6 Å². The first kappa shape index (κ1) is 17.6. The number of anilines is 1. The first-order valence-corrected chi connectivity index (χ1v) is 8.14. The van der Waals surface area contributed by atoms with Gasteiger partial charge < -0.3 is 10.4 Å². The summed E-state index contributed by atoms with van der Waals surface area (Å²) in [7, 11) is 0. The summed E-state index contributed by atoms with van der Waals surface area (Å²) >= 11 is 12.8. The summed E-state index contributed by atoms with van der Waals surface area (Å²) in [5.74, 6) is -1.50. The molecular weight excluding hydrogens is 451 g/mol. The van der Waals surface area contributed by atoms with Crippen LogP contribution in [0.25, 0.3) is 0 Å². The predicted molar refractivity (Wildman–Crippen MR) is 101 cm³/mol. The van der Waals surface area contributed by atoms with Crippen LogP contribution in [0, 0.1) is 3.57 Å². The van der Waals surface area contributed by atoms with Crippen molar-refractivity contribution in [1.82, 2.24) is 5.32 Å². The summed E-state index contributed by atoms with van der Waals surface area (Å²) in [5.41, 5.74) is 0.763. The van der Waals surface area contributed by atoms with Crippen molar-refractivity contribution in [2.45, 2.75) is 0 Å². The van der Waals surface area contributed by atoms with Crippen LogP contribution in [0.3, 0.4) is 0 Å². The molecule has 0 aromatic heterocycles. The average Bonchev–Trinajstić information content (AvgIpc) is 2.49. The number of nitrogens with one attached hydrogen (secondary N) is 2. The van der Waals surface area contributed by atoms with Gasteiger partial charge in [-0.1, -0.05) is 11.6 Å². The predicted octanol–water partition coefficient (Wildman–Crippen LogP) is 3.77. The summed E-state index contributed by atoms with van der Waals surface area (Å²) in [6.45, 7) is 0. The number of thiocarbonyl (C=S) groups is 1. The number of hydrogen-bond donors (Lipinski definition) is 3.